The topological polar surface area (TPSA) is 297 Å². The zero-order valence-electron chi connectivity index (χ0n) is 60.5. The van der Waals surface area contributed by atoms with Crippen LogP contribution in [-0.2, 0) is 63.7 Å². The van der Waals surface area contributed by atoms with Crippen molar-refractivity contribution in [3.8, 4) is 17.0 Å². The normalized spacial score (nSPS) is 32.8. The average Bonchev–Trinajstić information content (AvgIpc) is 0.772. The van der Waals surface area contributed by atoms with Gasteiger partial charge in [0.2, 0.25) is 11.7 Å². The molecule has 3 aromatic rings. The van der Waals surface area contributed by atoms with E-state index in [2.05, 4.69) is 29.0 Å². The number of ether oxygens (including phenoxy) is 8. The summed E-state index contributed by atoms with van der Waals surface area (Å²) in [5, 5.41) is 38.6. The molecule has 24 nitrogen and oxygen atoms in total. The number of pyridine rings is 1. The second-order valence-corrected chi connectivity index (χ2v) is 28.8. The number of benzene rings is 1. The van der Waals surface area contributed by atoms with Gasteiger partial charge in [0, 0.05) is 69.2 Å². The number of piperidine rings is 1. The van der Waals surface area contributed by atoms with Gasteiger partial charge in [-0.15, -0.1) is 0 Å². The second kappa shape index (κ2) is 35.2. The molecule has 4 N–H and O–H groups in total. The number of rotatable bonds is 12. The number of ketones is 3. The van der Waals surface area contributed by atoms with Crippen LogP contribution in [0.1, 0.15) is 145 Å². The Morgan fingerprint density at radius 3 is 2.24 bits per heavy atom. The van der Waals surface area contributed by atoms with Crippen molar-refractivity contribution in [2.24, 2.45) is 35.5 Å². The first-order valence-electron chi connectivity index (χ1n) is 35.9. The molecule has 17 atom stereocenters. The smallest absolute Gasteiger partial charge is 0.407 e. The fourth-order valence-electron chi connectivity index (χ4n) is 15.0. The summed E-state index contributed by atoms with van der Waals surface area (Å²) in [4.78, 5) is 108. The molecule has 100 heavy (non-hydrogen) atoms. The number of alkyl carbamates (subject to hydrolysis) is 1. The second-order valence-electron chi connectivity index (χ2n) is 28.8. The van der Waals surface area contributed by atoms with Gasteiger partial charge < -0.3 is 73.2 Å². The summed E-state index contributed by atoms with van der Waals surface area (Å²) in [6, 6.07) is 7.48. The van der Waals surface area contributed by atoms with Crippen LogP contribution in [0.25, 0.3) is 22.3 Å². The Morgan fingerprint density at radius 1 is 0.790 bits per heavy atom. The van der Waals surface area contributed by atoms with E-state index in [-0.39, 0.29) is 80.4 Å². The van der Waals surface area contributed by atoms with E-state index >= 15 is 0 Å². The van der Waals surface area contributed by atoms with Gasteiger partial charge in [-0.3, -0.25) is 19.2 Å². The minimum atomic E-state index is -2.63. The number of aromatic nitrogens is 3. The van der Waals surface area contributed by atoms with Crippen LogP contribution in [-0.4, -0.2) is 204 Å². The van der Waals surface area contributed by atoms with Crippen molar-refractivity contribution in [1.29, 1.82) is 0 Å². The zero-order valence-corrected chi connectivity index (χ0v) is 60.5. The van der Waals surface area contributed by atoms with Crippen LogP contribution in [0, 0.1) is 35.5 Å². The molecule has 0 radical (unpaired) electrons. The molecular weight excluding hydrogens is 1280 g/mol. The highest BCUT2D eigenvalue weighted by molar-refractivity contribution is 6.39. The molecule has 5 fully saturated rings. The van der Waals surface area contributed by atoms with E-state index in [9.17, 15) is 44.1 Å². The van der Waals surface area contributed by atoms with Crippen molar-refractivity contribution >= 4 is 58.1 Å². The Kier molecular flexibility index (Phi) is 27.2. The maximum absolute atomic E-state index is 14.8. The number of nitrogens with one attached hydrogen (secondary N) is 1. The van der Waals surface area contributed by atoms with Crippen molar-refractivity contribution in [3.05, 3.63) is 83.5 Å². The molecule has 1 aromatic carbocycles. The fourth-order valence-corrected chi connectivity index (χ4v) is 15.0. The lowest BCUT2D eigenvalue weighted by Crippen LogP contribution is -2.61. The molecular formula is C76H107N7O17. The number of esters is 1. The highest BCUT2D eigenvalue weighted by Crippen LogP contribution is 2.39. The molecule has 24 heteroatoms. The van der Waals surface area contributed by atoms with E-state index in [4.69, 9.17) is 52.8 Å². The minimum absolute atomic E-state index is 0.00481. The standard InChI is InChI=1S/C76H107N7O17/c1-44-18-14-13-15-19-45(2)59(78-75(91)98-43-55-38-54(23-28-63(55)93-10)58-26-25-57-70(77-58)79-74(82-31-33-97-42-52(82)9)80-71(57)81-30-32-96-41-51(81)8)39-56-24-21-50(7)76(92,100-56)69(88)72(89)83-29-17-16-20-60(83)73(90)99-64(47(4)36-53-22-27-61(84)65(37-53)94-11)40-62(85)46(3)35-49(6)67(87)68(95-12)66(86)48(5)34-44/h13-15,18-19,23,25-26,28,35,38,44,46-48,50-53,56,59-61,64-65,67-68,84,87,92H,16-17,20-22,24,27,29-34,36-37,39-43H2,1-12H3,(H,78,91)/b15-13?,18-14+,45-19?,49-35+/t44-,46-,47-,48-,50-,51+,52+,53?,56+,59?,60+,61-,64+,65-,67-,68+,76-/m1/s1. The number of hydrogen-bond donors (Lipinski definition) is 4. The number of carbonyl (C=O) groups is 6. The molecule has 0 spiro atoms. The number of fused-ring (bicyclic) bond motifs is 4. The van der Waals surface area contributed by atoms with Gasteiger partial charge in [0.05, 0.1) is 81.1 Å². The Labute approximate surface area is 588 Å². The number of allylic oxidation sites excluding steroid dienone is 6. The third kappa shape index (κ3) is 18.8. The summed E-state index contributed by atoms with van der Waals surface area (Å²) in [5.41, 5.74) is 3.39. The maximum atomic E-state index is 14.8. The summed E-state index contributed by atoms with van der Waals surface area (Å²) in [6.07, 6.45) is 8.75. The molecule has 7 heterocycles. The van der Waals surface area contributed by atoms with E-state index in [1.54, 1.807) is 53.0 Å². The lowest BCUT2D eigenvalue weighted by molar-refractivity contribution is -0.264. The first-order valence-corrected chi connectivity index (χ1v) is 35.9. The van der Waals surface area contributed by atoms with Gasteiger partial charge in [0.25, 0.3) is 11.7 Å². The van der Waals surface area contributed by atoms with E-state index in [0.717, 1.165) is 16.1 Å². The van der Waals surface area contributed by atoms with Crippen molar-refractivity contribution in [2.45, 2.75) is 213 Å². The summed E-state index contributed by atoms with van der Waals surface area (Å²) >= 11 is 0. The molecule has 1 saturated carbocycles. The molecule has 2 unspecified atom stereocenters. The van der Waals surface area contributed by atoms with E-state index in [1.807, 2.05) is 69.3 Å². The number of aliphatic hydroxyl groups excluding tert-OH is 2. The van der Waals surface area contributed by atoms with Crippen LogP contribution in [0.15, 0.2) is 77.9 Å². The minimum Gasteiger partial charge on any atom is -0.496 e. The predicted molar refractivity (Wildman–Crippen MR) is 376 cm³/mol. The molecule has 1 aliphatic carbocycles. The lowest BCUT2D eigenvalue weighted by atomic mass is 9.78. The van der Waals surface area contributed by atoms with E-state index < -0.39 is 95.8 Å². The van der Waals surface area contributed by atoms with Gasteiger partial charge >= 0.3 is 12.1 Å². The number of anilines is 2. The Balaban J connectivity index is 0.981. The van der Waals surface area contributed by atoms with Crippen LogP contribution in [0.5, 0.6) is 5.75 Å². The Hall–Kier alpha value is -7.03. The highest BCUT2D eigenvalue weighted by atomic mass is 16.6. The van der Waals surface area contributed by atoms with Gasteiger partial charge in [-0.25, -0.2) is 14.6 Å². The number of methoxy groups -OCH3 is 3. The van der Waals surface area contributed by atoms with Crippen LogP contribution in [0.4, 0.5) is 16.6 Å². The molecule has 2 aromatic heterocycles. The Bertz CT molecular complexity index is 3490. The molecule has 2 bridgehead atoms. The predicted octanol–water partition coefficient (Wildman–Crippen LogP) is 8.92. The zero-order chi connectivity index (χ0) is 72.1. The summed E-state index contributed by atoms with van der Waals surface area (Å²) < 4.78 is 47.4. The van der Waals surface area contributed by atoms with E-state index in [0.29, 0.717) is 136 Å². The molecule has 5 aliphatic heterocycles. The average molecular weight is 1390 g/mol. The molecule has 548 valence electrons. The monoisotopic (exact) mass is 1390 g/mol. The SMILES string of the molecule is COc1ccc(-c2ccc3c(N4CCOC[C@@H]4C)nc(N4CCOC[C@@H]4C)nc3n2)cc1COC(=O)NC1C[C@@H]2CC[C@@H](C)[C@@](O)(O2)C(=O)C(=O)N2CCCC[C@H]2C(=O)O[C@H]([C@H](C)CC2CC[C@@H](O)[C@H](OC)C2)CC(=O)[C@H](C)/C=C(\C)[C@@H](O)[C@@H](OC)C(=O)[C@H](C)C[C@H](C)/C=C/C=CC=C1C. The Morgan fingerprint density at radius 2 is 1.53 bits per heavy atom. The van der Waals surface area contributed by atoms with Gasteiger partial charge in [0.1, 0.15) is 48.3 Å². The van der Waals surface area contributed by atoms with Crippen LogP contribution in [0.2, 0.25) is 0 Å². The number of cyclic esters (lactones) is 1. The molecule has 6 aliphatic rings. The number of amides is 2. The summed E-state index contributed by atoms with van der Waals surface area (Å²) in [5.74, 6) is -7.22. The number of Topliss-reactive ketones (excluding diaryl/α,β-unsaturated/α-hetero) is 3. The maximum Gasteiger partial charge on any atom is 0.407 e. The van der Waals surface area contributed by atoms with Crippen LogP contribution in [0.3, 0.4) is 0 Å². The lowest BCUT2D eigenvalue weighted by Gasteiger charge is -2.43. The highest BCUT2D eigenvalue weighted by Gasteiger charge is 2.53. The van der Waals surface area contributed by atoms with Gasteiger partial charge in [-0.1, -0.05) is 76.6 Å². The number of hydrogen-bond acceptors (Lipinski definition) is 22. The van der Waals surface area contributed by atoms with Crippen LogP contribution < -0.4 is 19.9 Å². The molecule has 9 rings (SSSR count). The first-order chi connectivity index (χ1) is 47.8. The third-order valence-electron chi connectivity index (χ3n) is 21.3. The van der Waals surface area contributed by atoms with Crippen LogP contribution >= 0.6 is 0 Å². The number of nitrogens with zero attached hydrogens (tertiary/aromatic N) is 6. The first kappa shape index (κ1) is 77.1. The number of morpholine rings is 2. The van der Waals surface area contributed by atoms with Crippen molar-refractivity contribution < 1.29 is 82.0 Å². The summed E-state index contributed by atoms with van der Waals surface area (Å²) in [7, 11) is 4.45. The van der Waals surface area contributed by atoms with Crippen molar-refractivity contribution in [1.82, 2.24) is 25.2 Å². The van der Waals surface area contributed by atoms with Crippen molar-refractivity contribution in [3.63, 3.8) is 0 Å². The quantitative estimate of drug-likeness (QED) is 0.0747. The number of aliphatic hydroxyl groups is 3. The van der Waals surface area contributed by atoms with Crippen molar-refractivity contribution in [2.75, 3.05) is 77.2 Å². The van der Waals surface area contributed by atoms with Gasteiger partial charge in [-0.05, 0) is 152 Å². The largest absolute Gasteiger partial charge is 0.496 e. The fraction of sp³-hybridized carbons (Fsp3) is 0.645. The molecule has 4 saturated heterocycles. The summed E-state index contributed by atoms with van der Waals surface area (Å²) in [6.45, 7) is 19.9. The molecule has 2 amide bonds. The van der Waals surface area contributed by atoms with Gasteiger partial charge in [-0.2, -0.15) is 9.97 Å². The van der Waals surface area contributed by atoms with E-state index in [1.165, 1.54) is 14.2 Å². The van der Waals surface area contributed by atoms with Gasteiger partial charge in [0.15, 0.2) is 11.4 Å². The number of carbonyl (C=O) groups excluding carboxylic acids is 6. The third-order valence-corrected chi connectivity index (χ3v) is 21.3.